The third-order valence-corrected chi connectivity index (χ3v) is 10.2. The summed E-state index contributed by atoms with van der Waals surface area (Å²) in [5.41, 5.74) is 1.85. The number of nitrogens with one attached hydrogen (secondary N) is 2. The molecule has 4 heterocycles. The molecule has 0 spiro atoms. The maximum atomic E-state index is 13.0. The first kappa shape index (κ1) is 47.4. The molecule has 12 heteroatoms. The van der Waals surface area contributed by atoms with Crippen molar-refractivity contribution in [2.45, 2.75) is 119 Å². The topological polar surface area (TPSA) is 148 Å². The summed E-state index contributed by atoms with van der Waals surface area (Å²) < 4.78 is 10.8. The van der Waals surface area contributed by atoms with Crippen LogP contribution in [0.2, 0.25) is 0 Å². The van der Waals surface area contributed by atoms with Gasteiger partial charge in [0.05, 0.1) is 0 Å². The van der Waals surface area contributed by atoms with Gasteiger partial charge in [-0.2, -0.15) is 0 Å². The van der Waals surface area contributed by atoms with Gasteiger partial charge < -0.3 is 39.2 Å². The second kappa shape index (κ2) is 21.7. The maximum absolute atomic E-state index is 13.0. The molecule has 6 rings (SSSR count). The standard InChI is InChI=1S/C22H31N3O3.C14H27NO2.C9H7NO2.CH4/c1-5-24(20(26)19-14-17-8-6-7-9-18(17)23-19)15-16-10-12-25(13-11-16)21(27)28-22(2,3)4;1-5-6-7-12-8-10-15(11-9-12)13(16)17-14(2,3)4;11-9(12)8-5-6-3-1-2-4-7(6)10-8;/h6-9,14,16,23H,5,10-13,15H2,1-4H3;12H,5-11H2,1-4H3;1-5,10H,(H,11,12);1H4. The van der Waals surface area contributed by atoms with Crippen LogP contribution in [0.1, 0.15) is 129 Å². The zero-order valence-corrected chi connectivity index (χ0v) is 35.4. The summed E-state index contributed by atoms with van der Waals surface area (Å²) in [6, 6.07) is 18.9. The molecule has 0 unspecified atom stereocenters. The molecule has 2 aliphatic rings. The van der Waals surface area contributed by atoms with Gasteiger partial charge >= 0.3 is 18.2 Å². The Bertz CT molecular complexity index is 1840. The first-order valence-corrected chi connectivity index (χ1v) is 20.6. The van der Waals surface area contributed by atoms with E-state index in [1.807, 2.05) is 113 Å². The van der Waals surface area contributed by atoms with Gasteiger partial charge in [0.15, 0.2) is 0 Å². The number of aromatic carboxylic acids is 1. The highest BCUT2D eigenvalue weighted by Crippen LogP contribution is 2.25. The minimum Gasteiger partial charge on any atom is -0.477 e. The molecule has 3 N–H and O–H groups in total. The highest BCUT2D eigenvalue weighted by atomic mass is 16.6. The van der Waals surface area contributed by atoms with E-state index in [9.17, 15) is 19.2 Å². The summed E-state index contributed by atoms with van der Waals surface area (Å²) in [6.45, 7) is 20.1. The zero-order chi connectivity index (χ0) is 41.8. The highest BCUT2D eigenvalue weighted by molar-refractivity contribution is 5.98. The van der Waals surface area contributed by atoms with Gasteiger partial charge in [-0.1, -0.05) is 70.0 Å². The minimum absolute atomic E-state index is 0. The van der Waals surface area contributed by atoms with Gasteiger partial charge in [0, 0.05) is 61.1 Å². The summed E-state index contributed by atoms with van der Waals surface area (Å²) in [5, 5.41) is 10.6. The Hall–Kier alpha value is -5.00. The van der Waals surface area contributed by atoms with Gasteiger partial charge in [-0.25, -0.2) is 14.4 Å². The van der Waals surface area contributed by atoms with Crippen LogP contribution < -0.4 is 0 Å². The number of aromatic amines is 2. The van der Waals surface area contributed by atoms with Crippen LogP contribution >= 0.6 is 0 Å². The van der Waals surface area contributed by atoms with Gasteiger partial charge in [-0.15, -0.1) is 0 Å². The number of H-pyrrole nitrogens is 2. The number of hydrogen-bond acceptors (Lipinski definition) is 6. The van der Waals surface area contributed by atoms with Crippen LogP contribution in [0, 0.1) is 11.8 Å². The molecule has 2 aliphatic heterocycles. The fraction of sp³-hybridized carbons (Fsp3) is 0.565. The molecule has 0 radical (unpaired) electrons. The highest BCUT2D eigenvalue weighted by Gasteiger charge is 2.29. The van der Waals surface area contributed by atoms with Crippen molar-refractivity contribution in [2.75, 3.05) is 39.3 Å². The van der Waals surface area contributed by atoms with Crippen LogP contribution in [-0.4, -0.2) is 104 Å². The number of ether oxygens (including phenoxy) is 2. The Balaban J connectivity index is 0.000000255. The summed E-state index contributed by atoms with van der Waals surface area (Å²) in [4.78, 5) is 59.1. The van der Waals surface area contributed by atoms with Crippen molar-refractivity contribution in [3.8, 4) is 0 Å². The number of hydrogen-bond donors (Lipinski definition) is 3. The number of amides is 3. The van der Waals surface area contributed by atoms with Crippen molar-refractivity contribution >= 4 is 45.9 Å². The molecule has 3 amide bonds. The number of carboxylic acids is 1. The molecule has 0 aliphatic carbocycles. The predicted molar refractivity (Wildman–Crippen MR) is 232 cm³/mol. The molecule has 2 aromatic carbocycles. The lowest BCUT2D eigenvalue weighted by Crippen LogP contribution is -2.44. The van der Waals surface area contributed by atoms with Gasteiger partial charge in [-0.3, -0.25) is 4.79 Å². The third-order valence-electron chi connectivity index (χ3n) is 10.2. The molecule has 2 fully saturated rings. The van der Waals surface area contributed by atoms with Crippen LogP contribution in [0.5, 0.6) is 0 Å². The van der Waals surface area contributed by atoms with Crippen molar-refractivity contribution in [1.82, 2.24) is 24.7 Å². The quantitative estimate of drug-likeness (QED) is 0.161. The third kappa shape index (κ3) is 14.7. The number of rotatable bonds is 8. The molecular weight excluding hydrogens is 735 g/mol. The monoisotopic (exact) mass is 804 g/mol. The zero-order valence-electron chi connectivity index (χ0n) is 35.4. The van der Waals surface area contributed by atoms with E-state index in [1.54, 1.807) is 11.0 Å². The lowest BCUT2D eigenvalue weighted by molar-refractivity contribution is 0.0163. The Kier molecular flexibility index (Phi) is 17.7. The first-order valence-electron chi connectivity index (χ1n) is 20.6. The fourth-order valence-electron chi connectivity index (χ4n) is 7.06. The van der Waals surface area contributed by atoms with E-state index in [-0.39, 0.29) is 36.8 Å². The molecule has 12 nitrogen and oxygen atoms in total. The predicted octanol–water partition coefficient (Wildman–Crippen LogP) is 10.6. The molecule has 0 bridgehead atoms. The van der Waals surface area contributed by atoms with Crippen LogP contribution in [-0.2, 0) is 9.47 Å². The molecule has 4 aromatic rings. The smallest absolute Gasteiger partial charge is 0.410 e. The number of likely N-dealkylation sites (tertiary alicyclic amines) is 2. The van der Waals surface area contributed by atoms with Gasteiger partial charge in [-0.05, 0) is 110 Å². The Morgan fingerprint density at radius 3 is 1.55 bits per heavy atom. The van der Waals surface area contributed by atoms with Crippen LogP contribution in [0.3, 0.4) is 0 Å². The van der Waals surface area contributed by atoms with Crippen molar-refractivity contribution in [2.24, 2.45) is 11.8 Å². The van der Waals surface area contributed by atoms with Crippen molar-refractivity contribution in [3.63, 3.8) is 0 Å². The van der Waals surface area contributed by atoms with Gasteiger partial charge in [0.25, 0.3) is 5.91 Å². The molecule has 0 saturated carbocycles. The van der Waals surface area contributed by atoms with E-state index in [1.165, 1.54) is 19.3 Å². The number of piperidine rings is 2. The van der Waals surface area contributed by atoms with Crippen LogP contribution in [0.15, 0.2) is 60.7 Å². The average Bonchev–Trinajstić information content (AvgIpc) is 3.81. The van der Waals surface area contributed by atoms with Crippen molar-refractivity contribution in [1.29, 1.82) is 0 Å². The largest absolute Gasteiger partial charge is 0.477 e. The lowest BCUT2D eigenvalue weighted by Gasteiger charge is -2.35. The Labute approximate surface area is 345 Å². The normalized spacial score (nSPS) is 15.0. The average molecular weight is 804 g/mol. The summed E-state index contributed by atoms with van der Waals surface area (Å²) >= 11 is 0. The number of fused-ring (bicyclic) bond motifs is 2. The van der Waals surface area contributed by atoms with E-state index in [4.69, 9.17) is 14.6 Å². The Morgan fingerprint density at radius 1 is 0.707 bits per heavy atom. The number of nitrogens with zero attached hydrogens (tertiary/aromatic N) is 3. The number of carbonyl (C=O) groups is 4. The van der Waals surface area contributed by atoms with E-state index in [2.05, 4.69) is 16.9 Å². The van der Waals surface area contributed by atoms with E-state index >= 15 is 0 Å². The molecule has 0 atom stereocenters. The maximum Gasteiger partial charge on any atom is 0.410 e. The number of aromatic nitrogens is 2. The van der Waals surface area contributed by atoms with Gasteiger partial charge in [0.1, 0.15) is 22.6 Å². The van der Waals surface area contributed by atoms with Crippen molar-refractivity contribution in [3.05, 3.63) is 72.1 Å². The first-order chi connectivity index (χ1) is 27.0. The van der Waals surface area contributed by atoms with E-state index < -0.39 is 11.6 Å². The second-order valence-electron chi connectivity index (χ2n) is 17.2. The lowest BCUT2D eigenvalue weighted by atomic mass is 9.92. The molecule has 2 saturated heterocycles. The number of benzene rings is 2. The number of carboxylic acid groups (broad SMARTS) is 1. The summed E-state index contributed by atoms with van der Waals surface area (Å²) in [5.74, 6) is 0.320. The number of unbranched alkanes of at least 4 members (excludes halogenated alkanes) is 1. The molecular formula is C46H69N5O7. The second-order valence-corrected chi connectivity index (χ2v) is 17.2. The number of para-hydroxylation sites is 2. The fourth-order valence-corrected chi connectivity index (χ4v) is 7.06. The van der Waals surface area contributed by atoms with E-state index in [0.29, 0.717) is 37.8 Å². The minimum atomic E-state index is -0.925. The van der Waals surface area contributed by atoms with Gasteiger partial charge in [0.2, 0.25) is 0 Å². The molecule has 2 aromatic heterocycles. The van der Waals surface area contributed by atoms with Crippen molar-refractivity contribution < 1.29 is 33.8 Å². The summed E-state index contributed by atoms with van der Waals surface area (Å²) in [7, 11) is 0. The SMILES string of the molecule is C.CCCCC1CCN(C(=O)OC(C)(C)C)CC1.CCN(CC1CCN(C(=O)OC(C)(C)C)CC1)C(=O)c1cc2ccccc2[nH]1.O=C(O)c1cc2ccccc2[nH]1. The molecule has 58 heavy (non-hydrogen) atoms. The van der Waals surface area contributed by atoms with E-state index in [0.717, 1.165) is 66.5 Å². The summed E-state index contributed by atoms with van der Waals surface area (Å²) in [6.07, 6.45) is 7.56. The van der Waals surface area contributed by atoms with Crippen LogP contribution in [0.25, 0.3) is 21.8 Å². The Morgan fingerprint density at radius 2 is 1.14 bits per heavy atom. The number of carbonyl (C=O) groups excluding carboxylic acids is 3. The van der Waals surface area contributed by atoms with Crippen LogP contribution in [0.4, 0.5) is 9.59 Å². The molecule has 320 valence electrons.